The number of aromatic nitrogens is 1. The third-order valence-corrected chi connectivity index (χ3v) is 5.00. The van der Waals surface area contributed by atoms with Crippen molar-refractivity contribution in [2.45, 2.75) is 39.7 Å². The van der Waals surface area contributed by atoms with Crippen molar-refractivity contribution in [1.82, 2.24) is 9.88 Å². The van der Waals surface area contributed by atoms with Crippen LogP contribution < -0.4 is 5.32 Å². The van der Waals surface area contributed by atoms with E-state index in [9.17, 15) is 4.79 Å². The van der Waals surface area contributed by atoms with Crippen LogP contribution in [0.1, 0.15) is 48.9 Å². The monoisotopic (exact) mass is 331 g/mol. The summed E-state index contributed by atoms with van der Waals surface area (Å²) in [5.74, 6) is 0.379. The molecule has 0 aliphatic heterocycles. The third-order valence-electron chi connectivity index (χ3n) is 4.05. The van der Waals surface area contributed by atoms with Crippen molar-refractivity contribution >= 4 is 22.9 Å². The van der Waals surface area contributed by atoms with E-state index in [1.807, 2.05) is 36.4 Å². The SMILES string of the molecule is Cc1cccc(C(C)C)c1NC(=O)CN(C)[C@H](C)c1nccs1. The molecule has 0 saturated carbocycles. The van der Waals surface area contributed by atoms with Crippen LogP contribution in [0, 0.1) is 6.92 Å². The Morgan fingerprint density at radius 3 is 2.70 bits per heavy atom. The van der Waals surface area contributed by atoms with Crippen molar-refractivity contribution in [1.29, 1.82) is 0 Å². The second-order valence-electron chi connectivity index (χ2n) is 6.20. The van der Waals surface area contributed by atoms with Gasteiger partial charge in [-0.2, -0.15) is 0 Å². The molecule has 1 aromatic carbocycles. The summed E-state index contributed by atoms with van der Waals surface area (Å²) >= 11 is 1.61. The molecule has 124 valence electrons. The molecule has 0 aliphatic carbocycles. The number of nitrogens with zero attached hydrogens (tertiary/aromatic N) is 2. The predicted octanol–water partition coefficient (Wildman–Crippen LogP) is 4.21. The molecule has 0 unspecified atom stereocenters. The van der Waals surface area contributed by atoms with Crippen molar-refractivity contribution in [3.05, 3.63) is 45.9 Å². The number of rotatable bonds is 6. The van der Waals surface area contributed by atoms with Crippen LogP contribution in [0.25, 0.3) is 0 Å². The molecule has 4 nitrogen and oxygen atoms in total. The summed E-state index contributed by atoms with van der Waals surface area (Å²) in [4.78, 5) is 18.8. The summed E-state index contributed by atoms with van der Waals surface area (Å²) in [6, 6.07) is 6.28. The van der Waals surface area contributed by atoms with Crippen molar-refractivity contribution < 1.29 is 4.79 Å². The lowest BCUT2D eigenvalue weighted by Gasteiger charge is -2.23. The minimum Gasteiger partial charge on any atom is -0.324 e. The minimum absolute atomic E-state index is 0.00658. The van der Waals surface area contributed by atoms with Crippen LogP contribution in [0.15, 0.2) is 29.8 Å². The van der Waals surface area contributed by atoms with E-state index in [0.717, 1.165) is 16.3 Å². The highest BCUT2D eigenvalue weighted by atomic mass is 32.1. The van der Waals surface area contributed by atoms with Crippen LogP contribution in [0.5, 0.6) is 0 Å². The number of para-hydroxylation sites is 1. The molecule has 1 aromatic heterocycles. The molecule has 0 spiro atoms. The Bertz CT molecular complexity index is 652. The lowest BCUT2D eigenvalue weighted by Crippen LogP contribution is -2.32. The zero-order valence-electron chi connectivity index (χ0n) is 14.5. The molecule has 1 N–H and O–H groups in total. The highest BCUT2D eigenvalue weighted by Crippen LogP contribution is 2.27. The Kier molecular flexibility index (Phi) is 5.91. The molecular weight excluding hydrogens is 306 g/mol. The molecular formula is C18H25N3OS. The van der Waals surface area contributed by atoms with E-state index in [1.54, 1.807) is 17.5 Å². The molecule has 0 fully saturated rings. The smallest absolute Gasteiger partial charge is 0.238 e. The molecule has 2 rings (SSSR count). The quantitative estimate of drug-likeness (QED) is 0.862. The van der Waals surface area contributed by atoms with Gasteiger partial charge in [-0.05, 0) is 37.9 Å². The second kappa shape index (κ2) is 7.70. The van der Waals surface area contributed by atoms with Crippen LogP contribution >= 0.6 is 11.3 Å². The number of likely N-dealkylation sites (N-methyl/N-ethyl adjacent to an activating group) is 1. The number of hydrogen-bond acceptors (Lipinski definition) is 4. The molecule has 0 aliphatic rings. The van der Waals surface area contributed by atoms with Gasteiger partial charge in [0.15, 0.2) is 0 Å². The second-order valence-corrected chi connectivity index (χ2v) is 7.13. The standard InChI is InChI=1S/C18H25N3OS/c1-12(2)15-8-6-7-13(3)17(15)20-16(22)11-21(5)14(4)18-19-9-10-23-18/h6-10,12,14H,11H2,1-5H3,(H,20,22)/t14-/m1/s1. The maximum absolute atomic E-state index is 12.5. The molecule has 23 heavy (non-hydrogen) atoms. The fraction of sp³-hybridized carbons (Fsp3) is 0.444. The van der Waals surface area contributed by atoms with E-state index >= 15 is 0 Å². The van der Waals surface area contributed by atoms with Gasteiger partial charge in [0, 0.05) is 17.3 Å². The van der Waals surface area contributed by atoms with Gasteiger partial charge in [0.1, 0.15) is 5.01 Å². The number of carbonyl (C=O) groups is 1. The summed E-state index contributed by atoms with van der Waals surface area (Å²) < 4.78 is 0. The first-order valence-electron chi connectivity index (χ1n) is 7.89. The fourth-order valence-corrected chi connectivity index (χ4v) is 3.27. The highest BCUT2D eigenvalue weighted by Gasteiger charge is 2.18. The molecule has 1 atom stereocenters. The number of carbonyl (C=O) groups excluding carboxylic acids is 1. The molecule has 1 amide bonds. The van der Waals surface area contributed by atoms with Gasteiger partial charge in [-0.3, -0.25) is 9.69 Å². The van der Waals surface area contributed by atoms with Crippen LogP contribution in [0.2, 0.25) is 0 Å². The van der Waals surface area contributed by atoms with Gasteiger partial charge in [-0.15, -0.1) is 11.3 Å². The largest absolute Gasteiger partial charge is 0.324 e. The number of benzene rings is 1. The van der Waals surface area contributed by atoms with Gasteiger partial charge < -0.3 is 5.32 Å². The normalized spacial score (nSPS) is 12.7. The van der Waals surface area contributed by atoms with E-state index in [4.69, 9.17) is 0 Å². The van der Waals surface area contributed by atoms with Crippen molar-refractivity contribution in [3.8, 4) is 0 Å². The van der Waals surface area contributed by atoms with E-state index in [1.165, 1.54) is 5.56 Å². The number of amides is 1. The first-order valence-corrected chi connectivity index (χ1v) is 8.77. The summed E-state index contributed by atoms with van der Waals surface area (Å²) in [6.07, 6.45) is 1.80. The Labute approximate surface area is 142 Å². The Morgan fingerprint density at radius 1 is 1.35 bits per heavy atom. The first kappa shape index (κ1) is 17.6. The van der Waals surface area contributed by atoms with Crippen molar-refractivity contribution in [2.24, 2.45) is 0 Å². The average Bonchev–Trinajstić information content (AvgIpc) is 3.02. The van der Waals surface area contributed by atoms with Crippen molar-refractivity contribution in [2.75, 3.05) is 18.9 Å². The average molecular weight is 331 g/mol. The van der Waals surface area contributed by atoms with E-state index in [2.05, 4.69) is 37.1 Å². The van der Waals surface area contributed by atoms with Crippen LogP contribution in [-0.4, -0.2) is 29.4 Å². The number of anilines is 1. The van der Waals surface area contributed by atoms with E-state index < -0.39 is 0 Å². The van der Waals surface area contributed by atoms with Gasteiger partial charge in [-0.1, -0.05) is 32.0 Å². The number of nitrogens with one attached hydrogen (secondary N) is 1. The summed E-state index contributed by atoms with van der Waals surface area (Å²) in [5.41, 5.74) is 3.22. The maximum Gasteiger partial charge on any atom is 0.238 e. The van der Waals surface area contributed by atoms with Gasteiger partial charge in [-0.25, -0.2) is 4.98 Å². The van der Waals surface area contributed by atoms with Crippen LogP contribution in [0.3, 0.4) is 0 Å². The number of hydrogen-bond donors (Lipinski definition) is 1. The maximum atomic E-state index is 12.5. The van der Waals surface area contributed by atoms with Gasteiger partial charge in [0.25, 0.3) is 0 Å². The zero-order valence-corrected chi connectivity index (χ0v) is 15.3. The van der Waals surface area contributed by atoms with Crippen LogP contribution in [-0.2, 0) is 4.79 Å². The zero-order chi connectivity index (χ0) is 17.0. The summed E-state index contributed by atoms with van der Waals surface area (Å²) in [7, 11) is 1.95. The van der Waals surface area contributed by atoms with E-state index in [0.29, 0.717) is 12.5 Å². The third kappa shape index (κ3) is 4.39. The molecule has 2 aromatic rings. The van der Waals surface area contributed by atoms with E-state index in [-0.39, 0.29) is 11.9 Å². The molecule has 1 heterocycles. The van der Waals surface area contributed by atoms with Crippen molar-refractivity contribution in [3.63, 3.8) is 0 Å². The predicted molar refractivity (Wildman–Crippen MR) is 97.1 cm³/mol. The number of aryl methyl sites for hydroxylation is 1. The Hall–Kier alpha value is -1.72. The first-order chi connectivity index (χ1) is 10.9. The van der Waals surface area contributed by atoms with Gasteiger partial charge >= 0.3 is 0 Å². The fourth-order valence-electron chi connectivity index (χ4n) is 2.51. The minimum atomic E-state index is 0.00658. The topological polar surface area (TPSA) is 45.2 Å². The Morgan fingerprint density at radius 2 is 2.09 bits per heavy atom. The molecule has 0 bridgehead atoms. The number of thiazole rings is 1. The lowest BCUT2D eigenvalue weighted by atomic mass is 9.98. The molecule has 5 heteroatoms. The highest BCUT2D eigenvalue weighted by molar-refractivity contribution is 7.09. The van der Waals surface area contributed by atoms with Crippen LogP contribution in [0.4, 0.5) is 5.69 Å². The van der Waals surface area contributed by atoms with Gasteiger partial charge in [0.2, 0.25) is 5.91 Å². The van der Waals surface area contributed by atoms with Gasteiger partial charge in [0.05, 0.1) is 12.6 Å². The lowest BCUT2D eigenvalue weighted by molar-refractivity contribution is -0.117. The molecule has 0 saturated heterocycles. The molecule has 0 radical (unpaired) electrons. The summed E-state index contributed by atoms with van der Waals surface area (Å²) in [5, 5.41) is 6.08. The Balaban J connectivity index is 2.05. The summed E-state index contributed by atoms with van der Waals surface area (Å²) in [6.45, 7) is 8.72.